The molecule has 0 amide bonds. The van der Waals surface area contributed by atoms with Crippen LogP contribution in [0.3, 0.4) is 0 Å². The fourth-order valence-corrected chi connectivity index (χ4v) is 1.30. The summed E-state index contributed by atoms with van der Waals surface area (Å²) >= 11 is 1.52. The Labute approximate surface area is 88.9 Å². The molecular formula is C9H16N3OS+. The minimum atomic E-state index is 0.618. The number of rotatable bonds is 3. The number of hydrogen-bond donors (Lipinski definition) is 0. The SMILES string of the molecule is COc1cc([N+](C)(C)C)nc(SC)n1. The van der Waals surface area contributed by atoms with E-state index in [4.69, 9.17) is 4.74 Å². The normalized spacial score (nSPS) is 11.5. The van der Waals surface area contributed by atoms with Crippen molar-refractivity contribution >= 4 is 17.6 Å². The zero-order chi connectivity index (χ0) is 10.8. The van der Waals surface area contributed by atoms with Crippen molar-refractivity contribution in [3.05, 3.63) is 6.07 Å². The van der Waals surface area contributed by atoms with Gasteiger partial charge >= 0.3 is 0 Å². The van der Waals surface area contributed by atoms with Gasteiger partial charge in [-0.1, -0.05) is 11.8 Å². The van der Waals surface area contributed by atoms with Gasteiger partial charge in [-0.05, 0) is 6.26 Å². The fraction of sp³-hybridized carbons (Fsp3) is 0.556. The molecule has 0 unspecified atom stereocenters. The van der Waals surface area contributed by atoms with Crippen LogP contribution in [0, 0.1) is 0 Å². The molecule has 0 atom stereocenters. The summed E-state index contributed by atoms with van der Waals surface area (Å²) in [4.78, 5) is 8.62. The third-order valence-corrected chi connectivity index (χ3v) is 2.30. The lowest BCUT2D eigenvalue weighted by Crippen LogP contribution is -2.35. The lowest BCUT2D eigenvalue weighted by molar-refractivity contribution is 0.386. The maximum absolute atomic E-state index is 5.12. The molecule has 1 aromatic heterocycles. The van der Waals surface area contributed by atoms with E-state index >= 15 is 0 Å². The fourth-order valence-electron chi connectivity index (χ4n) is 0.932. The highest BCUT2D eigenvalue weighted by molar-refractivity contribution is 7.98. The van der Waals surface area contributed by atoms with Crippen LogP contribution in [0.1, 0.15) is 0 Å². The van der Waals surface area contributed by atoms with Crippen molar-refractivity contribution in [2.45, 2.75) is 5.16 Å². The highest BCUT2D eigenvalue weighted by Gasteiger charge is 2.17. The Morgan fingerprint density at radius 1 is 1.29 bits per heavy atom. The van der Waals surface area contributed by atoms with Gasteiger partial charge in [-0.15, -0.1) is 0 Å². The van der Waals surface area contributed by atoms with E-state index in [0.29, 0.717) is 10.4 Å². The monoisotopic (exact) mass is 214 g/mol. The van der Waals surface area contributed by atoms with Gasteiger partial charge in [-0.2, -0.15) is 9.97 Å². The standard InChI is InChI=1S/C9H16N3OS/c1-12(2,3)7-6-8(13-4)11-9(10-7)14-5/h6H,1-5H3/q+1. The predicted octanol–water partition coefficient (Wildman–Crippen LogP) is 1.40. The van der Waals surface area contributed by atoms with Gasteiger partial charge in [0.15, 0.2) is 5.16 Å². The number of methoxy groups -OCH3 is 1. The summed E-state index contributed by atoms with van der Waals surface area (Å²) in [6.45, 7) is 0. The smallest absolute Gasteiger partial charge is 0.234 e. The van der Waals surface area contributed by atoms with Crippen LogP contribution in [0.4, 0.5) is 5.82 Å². The first-order valence-corrected chi connectivity index (χ1v) is 5.49. The minimum absolute atomic E-state index is 0.618. The molecule has 0 saturated carbocycles. The Kier molecular flexibility index (Phi) is 3.34. The van der Waals surface area contributed by atoms with Gasteiger partial charge in [0.2, 0.25) is 11.7 Å². The third kappa shape index (κ3) is 2.59. The molecule has 78 valence electrons. The number of quaternary nitrogens is 1. The lowest BCUT2D eigenvalue weighted by atomic mass is 10.5. The summed E-state index contributed by atoms with van der Waals surface area (Å²) in [5.74, 6) is 1.56. The highest BCUT2D eigenvalue weighted by atomic mass is 32.2. The maximum atomic E-state index is 5.12. The average molecular weight is 214 g/mol. The van der Waals surface area contributed by atoms with Crippen molar-refractivity contribution in [2.24, 2.45) is 0 Å². The molecule has 1 rings (SSSR count). The van der Waals surface area contributed by atoms with Gasteiger partial charge in [0.25, 0.3) is 0 Å². The number of thioether (sulfide) groups is 1. The summed E-state index contributed by atoms with van der Waals surface area (Å²) in [5, 5.41) is 0.743. The molecule has 0 spiro atoms. The van der Waals surface area contributed by atoms with Crippen LogP contribution in [0.5, 0.6) is 5.88 Å². The summed E-state index contributed by atoms with van der Waals surface area (Å²) in [7, 11) is 7.80. The Hall–Kier alpha value is -0.810. The first-order valence-electron chi connectivity index (χ1n) is 4.26. The summed E-state index contributed by atoms with van der Waals surface area (Å²) < 4.78 is 5.78. The van der Waals surface area contributed by atoms with Crippen LogP contribution in [-0.4, -0.2) is 44.5 Å². The second-order valence-corrected chi connectivity index (χ2v) is 4.54. The molecule has 14 heavy (non-hydrogen) atoms. The number of hydrogen-bond acceptors (Lipinski definition) is 4. The molecule has 0 saturated heterocycles. The lowest BCUT2D eigenvalue weighted by Gasteiger charge is -2.22. The highest BCUT2D eigenvalue weighted by Crippen LogP contribution is 2.22. The van der Waals surface area contributed by atoms with Crippen LogP contribution >= 0.6 is 11.8 Å². The van der Waals surface area contributed by atoms with Crippen molar-refractivity contribution in [1.82, 2.24) is 14.5 Å². The van der Waals surface area contributed by atoms with Gasteiger partial charge in [0.1, 0.15) is 0 Å². The van der Waals surface area contributed by atoms with Gasteiger partial charge in [-0.25, -0.2) is 0 Å². The molecule has 0 aliphatic carbocycles. The van der Waals surface area contributed by atoms with Crippen molar-refractivity contribution in [3.63, 3.8) is 0 Å². The van der Waals surface area contributed by atoms with E-state index in [-0.39, 0.29) is 0 Å². The molecule has 0 N–H and O–H groups in total. The minimum Gasteiger partial charge on any atom is -0.481 e. The van der Waals surface area contributed by atoms with Crippen molar-refractivity contribution in [2.75, 3.05) is 34.5 Å². The largest absolute Gasteiger partial charge is 0.481 e. The molecule has 1 aromatic rings. The van der Waals surface area contributed by atoms with Crippen LogP contribution in [0.15, 0.2) is 11.2 Å². The van der Waals surface area contributed by atoms with E-state index in [1.807, 2.05) is 12.3 Å². The topological polar surface area (TPSA) is 35.0 Å². The van der Waals surface area contributed by atoms with E-state index in [2.05, 4.69) is 31.1 Å². The second-order valence-electron chi connectivity index (χ2n) is 3.77. The predicted molar refractivity (Wildman–Crippen MR) is 59.9 cm³/mol. The molecule has 0 bridgehead atoms. The van der Waals surface area contributed by atoms with E-state index in [0.717, 1.165) is 11.0 Å². The van der Waals surface area contributed by atoms with E-state index < -0.39 is 0 Å². The van der Waals surface area contributed by atoms with Gasteiger partial charge in [-0.3, -0.25) is 4.48 Å². The van der Waals surface area contributed by atoms with E-state index in [1.54, 1.807) is 7.11 Å². The molecule has 0 aliphatic rings. The van der Waals surface area contributed by atoms with Crippen LogP contribution < -0.4 is 9.22 Å². The molecule has 0 aromatic carbocycles. The number of ether oxygens (including phenoxy) is 1. The Bertz CT molecular complexity index is 300. The van der Waals surface area contributed by atoms with Crippen molar-refractivity contribution < 1.29 is 4.74 Å². The Morgan fingerprint density at radius 2 is 1.93 bits per heavy atom. The van der Waals surface area contributed by atoms with Crippen LogP contribution in [0.25, 0.3) is 0 Å². The Balaban J connectivity index is 3.17. The van der Waals surface area contributed by atoms with Gasteiger partial charge in [0, 0.05) is 0 Å². The zero-order valence-corrected chi connectivity index (χ0v) is 10.1. The van der Waals surface area contributed by atoms with Gasteiger partial charge in [0.05, 0.1) is 34.3 Å². The average Bonchev–Trinajstić information content (AvgIpc) is 2.15. The summed E-state index contributed by atoms with van der Waals surface area (Å²) in [6.07, 6.45) is 1.95. The first kappa shape index (κ1) is 11.3. The zero-order valence-electron chi connectivity index (χ0n) is 9.24. The van der Waals surface area contributed by atoms with E-state index in [1.165, 1.54) is 11.8 Å². The molecule has 0 radical (unpaired) electrons. The summed E-state index contributed by atoms with van der Waals surface area (Å²) in [6, 6.07) is 1.86. The van der Waals surface area contributed by atoms with E-state index in [9.17, 15) is 0 Å². The Morgan fingerprint density at radius 3 is 2.36 bits per heavy atom. The molecule has 5 heteroatoms. The first-order chi connectivity index (χ1) is 6.47. The quantitative estimate of drug-likeness (QED) is 0.433. The van der Waals surface area contributed by atoms with Crippen molar-refractivity contribution in [3.8, 4) is 5.88 Å². The number of nitrogens with zero attached hydrogens (tertiary/aromatic N) is 3. The maximum Gasteiger partial charge on any atom is 0.234 e. The molecule has 4 nitrogen and oxygen atoms in total. The van der Waals surface area contributed by atoms with Crippen molar-refractivity contribution in [1.29, 1.82) is 0 Å². The van der Waals surface area contributed by atoms with Crippen LogP contribution in [-0.2, 0) is 0 Å². The number of aromatic nitrogens is 2. The molecule has 0 aliphatic heterocycles. The summed E-state index contributed by atoms with van der Waals surface area (Å²) in [5.41, 5.74) is 0. The second kappa shape index (κ2) is 4.14. The molecular weight excluding hydrogens is 198 g/mol. The molecule has 0 fully saturated rings. The third-order valence-electron chi connectivity index (χ3n) is 1.75. The van der Waals surface area contributed by atoms with Gasteiger partial charge < -0.3 is 4.74 Å². The molecule has 1 heterocycles. The van der Waals surface area contributed by atoms with Crippen LogP contribution in [0.2, 0.25) is 0 Å².